The van der Waals surface area contributed by atoms with E-state index in [-0.39, 0.29) is 6.61 Å². The standard InChI is InChI=1S/C11H16BrNO3/c12-10-7-9(8-13)1-2-11(10)16-6-5-15-4-3-14/h1-2,7,14H,3-6,8,13H2. The lowest BCUT2D eigenvalue weighted by Gasteiger charge is -2.09. The first-order chi connectivity index (χ1) is 7.77. The molecule has 4 nitrogen and oxygen atoms in total. The lowest BCUT2D eigenvalue weighted by molar-refractivity contribution is 0.0703. The van der Waals surface area contributed by atoms with Gasteiger partial charge in [0.2, 0.25) is 0 Å². The predicted octanol–water partition coefficient (Wildman–Crippen LogP) is 1.30. The minimum Gasteiger partial charge on any atom is -0.490 e. The Morgan fingerprint density at radius 2 is 2.06 bits per heavy atom. The smallest absolute Gasteiger partial charge is 0.133 e. The summed E-state index contributed by atoms with van der Waals surface area (Å²) in [7, 11) is 0. The van der Waals surface area contributed by atoms with Crippen molar-refractivity contribution in [1.82, 2.24) is 0 Å². The van der Waals surface area contributed by atoms with Gasteiger partial charge < -0.3 is 20.3 Å². The second kappa shape index (κ2) is 7.62. The van der Waals surface area contributed by atoms with Gasteiger partial charge >= 0.3 is 0 Å². The van der Waals surface area contributed by atoms with Crippen molar-refractivity contribution in [2.75, 3.05) is 26.4 Å². The molecule has 3 N–H and O–H groups in total. The summed E-state index contributed by atoms with van der Waals surface area (Å²) in [5, 5.41) is 8.50. The molecule has 1 aromatic carbocycles. The molecule has 0 unspecified atom stereocenters. The Labute approximate surface area is 103 Å². The number of aliphatic hydroxyl groups is 1. The summed E-state index contributed by atoms with van der Waals surface area (Å²) in [6.45, 7) is 1.82. The lowest BCUT2D eigenvalue weighted by Crippen LogP contribution is -2.09. The van der Waals surface area contributed by atoms with Gasteiger partial charge in [-0.2, -0.15) is 0 Å². The second-order valence-corrected chi connectivity index (χ2v) is 4.01. The first-order valence-corrected chi connectivity index (χ1v) is 5.87. The van der Waals surface area contributed by atoms with Crippen LogP contribution in [-0.2, 0) is 11.3 Å². The van der Waals surface area contributed by atoms with E-state index in [0.29, 0.717) is 26.4 Å². The van der Waals surface area contributed by atoms with E-state index in [4.69, 9.17) is 20.3 Å². The number of nitrogens with two attached hydrogens (primary N) is 1. The third-order valence-corrected chi connectivity index (χ3v) is 2.57. The van der Waals surface area contributed by atoms with E-state index in [1.807, 2.05) is 18.2 Å². The number of ether oxygens (including phenoxy) is 2. The highest BCUT2D eigenvalue weighted by Crippen LogP contribution is 2.25. The van der Waals surface area contributed by atoms with E-state index in [1.54, 1.807) is 0 Å². The minimum absolute atomic E-state index is 0.0366. The van der Waals surface area contributed by atoms with Crippen LogP contribution >= 0.6 is 15.9 Å². The molecular formula is C11H16BrNO3. The van der Waals surface area contributed by atoms with Crippen molar-refractivity contribution in [1.29, 1.82) is 0 Å². The van der Waals surface area contributed by atoms with Gasteiger partial charge in [0.15, 0.2) is 0 Å². The monoisotopic (exact) mass is 289 g/mol. The molecule has 0 aromatic heterocycles. The van der Waals surface area contributed by atoms with Gasteiger partial charge in [-0.05, 0) is 33.6 Å². The van der Waals surface area contributed by atoms with Gasteiger partial charge in [0.1, 0.15) is 12.4 Å². The van der Waals surface area contributed by atoms with Gasteiger partial charge in [-0.1, -0.05) is 6.07 Å². The van der Waals surface area contributed by atoms with Crippen LogP contribution in [0.4, 0.5) is 0 Å². The molecule has 0 heterocycles. The number of aliphatic hydroxyl groups excluding tert-OH is 1. The van der Waals surface area contributed by atoms with E-state index < -0.39 is 0 Å². The van der Waals surface area contributed by atoms with Gasteiger partial charge in [-0.15, -0.1) is 0 Å². The van der Waals surface area contributed by atoms with Crippen LogP contribution < -0.4 is 10.5 Å². The molecule has 1 aromatic rings. The summed E-state index contributed by atoms with van der Waals surface area (Å²) in [5.74, 6) is 0.768. The van der Waals surface area contributed by atoms with Gasteiger partial charge in [0.25, 0.3) is 0 Å². The van der Waals surface area contributed by atoms with E-state index in [0.717, 1.165) is 15.8 Å². The molecule has 1 rings (SSSR count). The van der Waals surface area contributed by atoms with Crippen LogP contribution in [0.3, 0.4) is 0 Å². The second-order valence-electron chi connectivity index (χ2n) is 3.15. The third-order valence-electron chi connectivity index (χ3n) is 1.95. The van der Waals surface area contributed by atoms with Crippen LogP contribution in [0.2, 0.25) is 0 Å². The zero-order valence-electron chi connectivity index (χ0n) is 8.99. The summed E-state index contributed by atoms with van der Waals surface area (Å²) in [6.07, 6.45) is 0. The summed E-state index contributed by atoms with van der Waals surface area (Å²) < 4.78 is 11.5. The molecule has 0 bridgehead atoms. The number of benzene rings is 1. The van der Waals surface area contributed by atoms with Crippen molar-refractivity contribution < 1.29 is 14.6 Å². The Bertz CT molecular complexity index is 320. The summed E-state index contributed by atoms with van der Waals surface area (Å²) in [4.78, 5) is 0. The van der Waals surface area contributed by atoms with Crippen molar-refractivity contribution in [2.45, 2.75) is 6.54 Å². The highest BCUT2D eigenvalue weighted by atomic mass is 79.9. The fraction of sp³-hybridized carbons (Fsp3) is 0.455. The Morgan fingerprint density at radius 1 is 1.25 bits per heavy atom. The molecule has 0 aliphatic rings. The average Bonchev–Trinajstić information content (AvgIpc) is 2.30. The first kappa shape index (κ1) is 13.4. The van der Waals surface area contributed by atoms with Crippen LogP contribution in [0.15, 0.2) is 22.7 Å². The number of hydrogen-bond donors (Lipinski definition) is 2. The van der Waals surface area contributed by atoms with E-state index >= 15 is 0 Å². The SMILES string of the molecule is NCc1ccc(OCCOCCO)c(Br)c1. The largest absolute Gasteiger partial charge is 0.490 e. The molecule has 0 spiro atoms. The molecule has 16 heavy (non-hydrogen) atoms. The summed E-state index contributed by atoms with van der Waals surface area (Å²) in [5.41, 5.74) is 6.57. The maximum absolute atomic E-state index is 8.50. The van der Waals surface area contributed by atoms with Crippen LogP contribution in [0, 0.1) is 0 Å². The highest BCUT2D eigenvalue weighted by Gasteiger charge is 2.01. The third kappa shape index (κ3) is 4.49. The van der Waals surface area contributed by atoms with Crippen molar-refractivity contribution in [3.63, 3.8) is 0 Å². The van der Waals surface area contributed by atoms with E-state index in [2.05, 4.69) is 15.9 Å². The molecule has 0 saturated heterocycles. The maximum atomic E-state index is 8.50. The number of rotatable bonds is 7. The van der Waals surface area contributed by atoms with E-state index in [9.17, 15) is 0 Å². The molecule has 90 valence electrons. The van der Waals surface area contributed by atoms with Crippen LogP contribution in [0.25, 0.3) is 0 Å². The zero-order chi connectivity index (χ0) is 11.8. The quantitative estimate of drug-likeness (QED) is 0.743. The van der Waals surface area contributed by atoms with Crippen molar-refractivity contribution >= 4 is 15.9 Å². The highest BCUT2D eigenvalue weighted by molar-refractivity contribution is 9.10. The zero-order valence-corrected chi connectivity index (χ0v) is 10.6. The fourth-order valence-electron chi connectivity index (χ4n) is 1.17. The molecule has 0 radical (unpaired) electrons. The van der Waals surface area contributed by atoms with Crippen LogP contribution in [-0.4, -0.2) is 31.5 Å². The molecule has 0 amide bonds. The van der Waals surface area contributed by atoms with Gasteiger partial charge in [0, 0.05) is 6.54 Å². The minimum atomic E-state index is 0.0366. The topological polar surface area (TPSA) is 64.7 Å². The van der Waals surface area contributed by atoms with Gasteiger partial charge in [-0.25, -0.2) is 0 Å². The van der Waals surface area contributed by atoms with Crippen molar-refractivity contribution in [2.24, 2.45) is 5.73 Å². The number of halogens is 1. The normalized spacial score (nSPS) is 10.4. The molecule has 0 aliphatic carbocycles. The van der Waals surface area contributed by atoms with Crippen LogP contribution in [0.5, 0.6) is 5.75 Å². The molecule has 0 aliphatic heterocycles. The Kier molecular flexibility index (Phi) is 6.40. The number of hydrogen-bond acceptors (Lipinski definition) is 4. The van der Waals surface area contributed by atoms with Crippen molar-refractivity contribution in [3.05, 3.63) is 28.2 Å². The Hall–Kier alpha value is -0.620. The fourth-order valence-corrected chi connectivity index (χ4v) is 1.71. The molecule has 5 heteroatoms. The Balaban J connectivity index is 2.36. The summed E-state index contributed by atoms with van der Waals surface area (Å²) >= 11 is 3.41. The first-order valence-electron chi connectivity index (χ1n) is 5.08. The van der Waals surface area contributed by atoms with Gasteiger partial charge in [-0.3, -0.25) is 0 Å². The maximum Gasteiger partial charge on any atom is 0.133 e. The predicted molar refractivity (Wildman–Crippen MR) is 65.4 cm³/mol. The Morgan fingerprint density at radius 3 is 2.69 bits per heavy atom. The van der Waals surface area contributed by atoms with Crippen LogP contribution in [0.1, 0.15) is 5.56 Å². The molecular weight excluding hydrogens is 274 g/mol. The van der Waals surface area contributed by atoms with E-state index in [1.165, 1.54) is 0 Å². The lowest BCUT2D eigenvalue weighted by atomic mass is 10.2. The van der Waals surface area contributed by atoms with Gasteiger partial charge in [0.05, 0.1) is 24.3 Å². The molecule has 0 fully saturated rings. The molecule has 0 atom stereocenters. The molecule has 0 saturated carbocycles. The summed E-state index contributed by atoms with van der Waals surface area (Å²) in [6, 6.07) is 5.73. The van der Waals surface area contributed by atoms with Crippen molar-refractivity contribution in [3.8, 4) is 5.75 Å². The average molecular weight is 290 g/mol.